The zero-order valence-corrected chi connectivity index (χ0v) is 17.7. The lowest BCUT2D eigenvalue weighted by Crippen LogP contribution is -2.02. The summed E-state index contributed by atoms with van der Waals surface area (Å²) in [6.07, 6.45) is 0. The van der Waals surface area contributed by atoms with Gasteiger partial charge in [0.1, 0.15) is 17.2 Å². The van der Waals surface area contributed by atoms with Gasteiger partial charge in [-0.3, -0.25) is 0 Å². The number of sulfone groups is 1. The third-order valence-corrected chi connectivity index (χ3v) is 6.62. The van der Waals surface area contributed by atoms with Crippen LogP contribution in [-0.4, -0.2) is 15.5 Å². The molecule has 4 rings (SSSR count). The average Bonchev–Trinajstić information content (AvgIpc) is 2.80. The average molecular weight is 432 g/mol. The number of ether oxygens (including phenoxy) is 2. The molecule has 6 heteroatoms. The van der Waals surface area contributed by atoms with Crippen LogP contribution in [0.1, 0.15) is 0 Å². The van der Waals surface area contributed by atoms with E-state index in [1.165, 1.54) is 24.3 Å². The molecule has 0 aliphatic heterocycles. The molecule has 0 amide bonds. The highest BCUT2D eigenvalue weighted by molar-refractivity contribution is 7.91. The number of hydrogen-bond donors (Lipinski definition) is 1. The van der Waals surface area contributed by atoms with E-state index in [-0.39, 0.29) is 9.79 Å². The summed E-state index contributed by atoms with van der Waals surface area (Å²) in [6.45, 7) is 0. The van der Waals surface area contributed by atoms with Gasteiger partial charge in [-0.25, -0.2) is 8.42 Å². The normalized spacial score (nSPS) is 11.1. The number of rotatable bonds is 6. The van der Waals surface area contributed by atoms with E-state index in [9.17, 15) is 8.42 Å². The zero-order valence-electron chi connectivity index (χ0n) is 16.9. The van der Waals surface area contributed by atoms with Gasteiger partial charge in [-0.15, -0.1) is 0 Å². The quantitative estimate of drug-likeness (QED) is 0.404. The van der Waals surface area contributed by atoms with E-state index in [1.807, 2.05) is 48.5 Å². The van der Waals surface area contributed by atoms with Crippen molar-refractivity contribution in [1.29, 1.82) is 0 Å². The molecule has 0 fully saturated rings. The summed E-state index contributed by atoms with van der Waals surface area (Å²) in [5.74, 6) is 2.02. The molecule has 4 aromatic carbocycles. The molecule has 0 aromatic heterocycles. The number of nitrogen functional groups attached to an aromatic ring is 1. The van der Waals surface area contributed by atoms with E-state index in [0.717, 1.165) is 16.9 Å². The smallest absolute Gasteiger partial charge is 0.206 e. The Morgan fingerprint density at radius 2 is 0.968 bits per heavy atom. The van der Waals surface area contributed by atoms with Gasteiger partial charge in [-0.2, -0.15) is 0 Å². The van der Waals surface area contributed by atoms with E-state index in [4.69, 9.17) is 15.2 Å². The molecule has 0 aliphatic carbocycles. The fraction of sp³-hybridized carbons (Fsp3) is 0.0400. The molecule has 31 heavy (non-hydrogen) atoms. The Hall–Kier alpha value is -3.77. The second-order valence-corrected chi connectivity index (χ2v) is 8.85. The third-order valence-electron chi connectivity index (χ3n) is 4.84. The maximum atomic E-state index is 12.7. The number of anilines is 1. The number of methoxy groups -OCH3 is 1. The van der Waals surface area contributed by atoms with Crippen molar-refractivity contribution in [2.45, 2.75) is 9.79 Å². The second kappa shape index (κ2) is 8.53. The first-order valence-corrected chi connectivity index (χ1v) is 11.1. The van der Waals surface area contributed by atoms with Crippen molar-refractivity contribution in [1.82, 2.24) is 0 Å². The van der Waals surface area contributed by atoms with Crippen LogP contribution in [0.3, 0.4) is 0 Å². The molecule has 4 aromatic rings. The lowest BCUT2D eigenvalue weighted by atomic mass is 10.1. The minimum atomic E-state index is -3.61. The first kappa shape index (κ1) is 20.5. The van der Waals surface area contributed by atoms with Crippen molar-refractivity contribution in [3.63, 3.8) is 0 Å². The highest BCUT2D eigenvalue weighted by Crippen LogP contribution is 2.29. The fourth-order valence-electron chi connectivity index (χ4n) is 3.10. The molecule has 0 radical (unpaired) electrons. The summed E-state index contributed by atoms with van der Waals surface area (Å²) in [6, 6.07) is 28.0. The van der Waals surface area contributed by atoms with Gasteiger partial charge in [0, 0.05) is 5.69 Å². The molecule has 0 bridgehead atoms. The van der Waals surface area contributed by atoms with Gasteiger partial charge in [0.2, 0.25) is 9.84 Å². The summed E-state index contributed by atoms with van der Waals surface area (Å²) < 4.78 is 36.5. The van der Waals surface area contributed by atoms with Gasteiger partial charge >= 0.3 is 0 Å². The first-order chi connectivity index (χ1) is 15.0. The SMILES string of the molecule is COc1ccc(-c2ccc(Oc3ccc(S(=O)(=O)c4ccc(N)cc4)cc3)cc2)cc1. The molecule has 0 unspecified atom stereocenters. The van der Waals surface area contributed by atoms with Crippen LogP contribution in [0, 0.1) is 0 Å². The van der Waals surface area contributed by atoms with Gasteiger partial charge in [0.05, 0.1) is 16.9 Å². The van der Waals surface area contributed by atoms with Crippen LogP contribution in [0.2, 0.25) is 0 Å². The van der Waals surface area contributed by atoms with E-state index >= 15 is 0 Å². The van der Waals surface area contributed by atoms with E-state index in [1.54, 1.807) is 31.4 Å². The zero-order chi connectivity index (χ0) is 21.8. The minimum absolute atomic E-state index is 0.194. The molecule has 0 saturated carbocycles. The molecule has 0 spiro atoms. The van der Waals surface area contributed by atoms with Crippen LogP contribution in [-0.2, 0) is 9.84 Å². The first-order valence-electron chi connectivity index (χ1n) is 9.59. The van der Waals surface area contributed by atoms with Crippen molar-refractivity contribution in [2.24, 2.45) is 0 Å². The molecule has 0 aliphatic rings. The Morgan fingerprint density at radius 1 is 0.581 bits per heavy atom. The van der Waals surface area contributed by atoms with Gasteiger partial charge in [-0.1, -0.05) is 24.3 Å². The summed E-state index contributed by atoms with van der Waals surface area (Å²) in [4.78, 5) is 0.393. The topological polar surface area (TPSA) is 78.6 Å². The summed E-state index contributed by atoms with van der Waals surface area (Å²) in [7, 11) is -1.97. The van der Waals surface area contributed by atoms with Crippen molar-refractivity contribution in [3.8, 4) is 28.4 Å². The molecule has 2 N–H and O–H groups in total. The molecular weight excluding hydrogens is 410 g/mol. The van der Waals surface area contributed by atoms with E-state index in [2.05, 4.69) is 0 Å². The minimum Gasteiger partial charge on any atom is -0.497 e. The highest BCUT2D eigenvalue weighted by atomic mass is 32.2. The summed E-state index contributed by atoms with van der Waals surface area (Å²) in [5, 5.41) is 0. The van der Waals surface area contributed by atoms with Crippen LogP contribution >= 0.6 is 0 Å². The van der Waals surface area contributed by atoms with Gasteiger partial charge in [0.25, 0.3) is 0 Å². The van der Waals surface area contributed by atoms with E-state index in [0.29, 0.717) is 17.2 Å². The predicted octanol–water partition coefficient (Wildman–Crippen LogP) is 5.57. The van der Waals surface area contributed by atoms with Crippen LogP contribution < -0.4 is 15.2 Å². The lowest BCUT2D eigenvalue weighted by molar-refractivity contribution is 0.415. The molecule has 0 saturated heterocycles. The van der Waals surface area contributed by atoms with Crippen LogP contribution in [0.25, 0.3) is 11.1 Å². The molecular formula is C25H21NO4S. The Labute approximate surface area is 181 Å². The van der Waals surface area contributed by atoms with Crippen LogP contribution in [0.4, 0.5) is 5.69 Å². The Morgan fingerprint density at radius 3 is 1.42 bits per heavy atom. The van der Waals surface area contributed by atoms with Gasteiger partial charge in [0.15, 0.2) is 0 Å². The highest BCUT2D eigenvalue weighted by Gasteiger charge is 2.17. The second-order valence-electron chi connectivity index (χ2n) is 6.90. The van der Waals surface area contributed by atoms with Gasteiger partial charge in [-0.05, 0) is 83.9 Å². The fourth-order valence-corrected chi connectivity index (χ4v) is 4.37. The standard InChI is InChI=1S/C25H21NO4S/c1-29-21-8-2-18(3-9-21)19-4-10-22(11-5-19)30-23-12-16-25(17-13-23)31(27,28)24-14-6-20(26)7-15-24/h2-17H,26H2,1H3. The van der Waals surface area contributed by atoms with E-state index < -0.39 is 9.84 Å². The number of nitrogens with two attached hydrogens (primary N) is 1. The molecule has 5 nitrogen and oxygen atoms in total. The Kier molecular flexibility index (Phi) is 5.64. The molecule has 0 heterocycles. The lowest BCUT2D eigenvalue weighted by Gasteiger charge is -2.09. The largest absolute Gasteiger partial charge is 0.497 e. The monoisotopic (exact) mass is 431 g/mol. The predicted molar refractivity (Wildman–Crippen MR) is 121 cm³/mol. The maximum absolute atomic E-state index is 12.7. The Balaban J connectivity index is 1.48. The maximum Gasteiger partial charge on any atom is 0.206 e. The van der Waals surface area contributed by atoms with Gasteiger partial charge < -0.3 is 15.2 Å². The van der Waals surface area contributed by atoms with Crippen molar-refractivity contribution < 1.29 is 17.9 Å². The molecule has 156 valence electrons. The van der Waals surface area contributed by atoms with Crippen molar-refractivity contribution in [3.05, 3.63) is 97.1 Å². The van der Waals surface area contributed by atoms with Crippen molar-refractivity contribution in [2.75, 3.05) is 12.8 Å². The summed E-state index contributed by atoms with van der Waals surface area (Å²) >= 11 is 0. The Bertz CT molecular complexity index is 1260. The number of benzene rings is 4. The van der Waals surface area contributed by atoms with Crippen LogP contribution in [0.5, 0.6) is 17.2 Å². The van der Waals surface area contributed by atoms with Crippen molar-refractivity contribution >= 4 is 15.5 Å². The number of hydrogen-bond acceptors (Lipinski definition) is 5. The third kappa shape index (κ3) is 4.54. The summed E-state index contributed by atoms with van der Waals surface area (Å²) in [5.41, 5.74) is 8.28. The molecule has 0 atom stereocenters. The van der Waals surface area contributed by atoms with Crippen LogP contribution in [0.15, 0.2) is 107 Å².